The molecule has 0 heterocycles. The van der Waals surface area contributed by atoms with E-state index in [4.69, 9.17) is 5.14 Å². The summed E-state index contributed by atoms with van der Waals surface area (Å²) in [4.78, 5) is 0. The Morgan fingerprint density at radius 2 is 1.29 bits per heavy atom. The predicted octanol–water partition coefficient (Wildman–Crippen LogP) is -1.39. The zero-order valence-electron chi connectivity index (χ0n) is 8.01. The second-order valence-corrected chi connectivity index (χ2v) is 5.58. The highest BCUT2D eigenvalue weighted by Gasteiger charge is 1.99. The normalized spacial score (nSPS) is 11.7. The van der Waals surface area contributed by atoms with Crippen molar-refractivity contribution >= 4 is 20.2 Å². The van der Waals surface area contributed by atoms with E-state index >= 15 is 0 Å². The van der Waals surface area contributed by atoms with Crippen LogP contribution in [0, 0.1) is 0 Å². The average molecular weight is 247 g/mol. The molecule has 7 nitrogen and oxygen atoms in total. The van der Waals surface area contributed by atoms with Crippen LogP contribution in [0.3, 0.4) is 0 Å². The lowest BCUT2D eigenvalue weighted by molar-refractivity contribution is 0.592. The molecule has 0 saturated carbocycles. The first-order valence-corrected chi connectivity index (χ1v) is 7.19. The molecule has 0 aliphatic heterocycles. The van der Waals surface area contributed by atoms with Crippen molar-refractivity contribution in [3.05, 3.63) is 0 Å². The van der Waals surface area contributed by atoms with Gasteiger partial charge in [-0.25, -0.2) is 23.8 Å². The molecule has 0 unspecified atom stereocenters. The molecule has 9 heteroatoms. The summed E-state index contributed by atoms with van der Waals surface area (Å²) in [6, 6.07) is 0. The maximum absolute atomic E-state index is 10.3. The van der Waals surface area contributed by atoms with Crippen molar-refractivity contribution in [1.29, 1.82) is 0 Å². The molecular formula is C5H17N3O4S2. The fraction of sp³-hybridized carbons (Fsp3) is 1.00. The zero-order valence-corrected chi connectivity index (χ0v) is 9.64. The molecule has 6 N–H and O–H groups in total. The molecule has 0 aromatic carbocycles. The maximum Gasteiger partial charge on any atom is 0.271 e. The van der Waals surface area contributed by atoms with Crippen LogP contribution in [0.2, 0.25) is 0 Å². The Morgan fingerprint density at radius 3 is 1.50 bits per heavy atom. The van der Waals surface area contributed by atoms with E-state index in [-0.39, 0.29) is 5.75 Å². The van der Waals surface area contributed by atoms with Crippen molar-refractivity contribution in [2.75, 3.05) is 5.75 Å². The average Bonchev–Trinajstić information content (AvgIpc) is 1.80. The molecule has 0 aliphatic carbocycles. The number of rotatable bonds is 4. The minimum Gasteiger partial charge on any atom is -0.229 e. The minimum absolute atomic E-state index is 0.126. The molecular weight excluding hydrogens is 230 g/mol. The molecule has 0 atom stereocenters. The van der Waals surface area contributed by atoms with Crippen LogP contribution >= 0.6 is 0 Å². The minimum atomic E-state index is -3.67. The second-order valence-electron chi connectivity index (χ2n) is 2.66. The molecule has 0 bridgehead atoms. The first-order valence-electron chi connectivity index (χ1n) is 3.87. The van der Waals surface area contributed by atoms with Gasteiger partial charge in [-0.05, 0) is 6.42 Å². The lowest BCUT2D eigenvalue weighted by Gasteiger charge is -1.94. The molecule has 0 saturated heterocycles. The van der Waals surface area contributed by atoms with Crippen molar-refractivity contribution in [2.24, 2.45) is 15.4 Å². The standard InChI is InChI=1S/C5H13NO2S.H4N2O2S/c1-2-3-4-5-9(6,7)8;1-5(2,3)4/h2-5H2,1H3,(H2,6,7,8);(H4,1,2,3,4). The third-order valence-corrected chi connectivity index (χ3v) is 1.89. The van der Waals surface area contributed by atoms with Crippen LogP contribution in [-0.4, -0.2) is 22.6 Å². The lowest BCUT2D eigenvalue weighted by Crippen LogP contribution is -2.21. The number of sulfonamides is 1. The maximum atomic E-state index is 10.3. The Morgan fingerprint density at radius 1 is 0.929 bits per heavy atom. The highest BCUT2D eigenvalue weighted by Crippen LogP contribution is 1.94. The summed E-state index contributed by atoms with van der Waals surface area (Å²) in [5, 5.41) is 13.0. The highest BCUT2D eigenvalue weighted by molar-refractivity contribution is 7.89. The van der Waals surface area contributed by atoms with E-state index in [9.17, 15) is 16.8 Å². The SMILES string of the molecule is CCCCCS(N)(=O)=O.NS(N)(=O)=O. The Bertz CT molecular complexity index is 313. The van der Waals surface area contributed by atoms with E-state index in [0.29, 0.717) is 6.42 Å². The lowest BCUT2D eigenvalue weighted by atomic mass is 10.3. The summed E-state index contributed by atoms with van der Waals surface area (Å²) >= 11 is 0. The summed E-state index contributed by atoms with van der Waals surface area (Å²) in [6.07, 6.45) is 2.65. The third kappa shape index (κ3) is 41.0. The van der Waals surface area contributed by atoms with E-state index in [0.717, 1.165) is 12.8 Å². The molecule has 0 fully saturated rings. The summed E-state index contributed by atoms with van der Waals surface area (Å²) in [5.74, 6) is 0.126. The van der Waals surface area contributed by atoms with Crippen molar-refractivity contribution in [2.45, 2.75) is 26.2 Å². The van der Waals surface area contributed by atoms with Crippen molar-refractivity contribution in [3.8, 4) is 0 Å². The van der Waals surface area contributed by atoms with Gasteiger partial charge >= 0.3 is 0 Å². The van der Waals surface area contributed by atoms with Gasteiger partial charge in [-0.1, -0.05) is 19.8 Å². The van der Waals surface area contributed by atoms with Gasteiger partial charge in [0.2, 0.25) is 10.0 Å². The molecule has 88 valence electrons. The monoisotopic (exact) mass is 247 g/mol. The van der Waals surface area contributed by atoms with E-state index < -0.39 is 20.2 Å². The Kier molecular flexibility index (Phi) is 8.25. The molecule has 0 rings (SSSR count). The number of primary sulfonamides is 1. The number of unbranched alkanes of at least 4 members (excludes halogenated alkanes) is 2. The molecule has 0 radical (unpaired) electrons. The quantitative estimate of drug-likeness (QED) is 0.525. The van der Waals surface area contributed by atoms with Gasteiger partial charge < -0.3 is 0 Å². The van der Waals surface area contributed by atoms with E-state index in [1.54, 1.807) is 0 Å². The first kappa shape index (κ1) is 16.2. The van der Waals surface area contributed by atoms with Gasteiger partial charge in [-0.2, -0.15) is 8.42 Å². The molecule has 0 aliphatic rings. The van der Waals surface area contributed by atoms with Gasteiger partial charge in [-0.15, -0.1) is 0 Å². The first-order chi connectivity index (χ1) is 6.06. The van der Waals surface area contributed by atoms with E-state index in [1.807, 2.05) is 6.92 Å². The summed E-state index contributed by atoms with van der Waals surface area (Å²) in [7, 11) is -6.86. The fourth-order valence-electron chi connectivity index (χ4n) is 0.553. The zero-order chi connectivity index (χ0) is 11.8. The largest absolute Gasteiger partial charge is 0.271 e. The molecule has 0 aromatic rings. The smallest absolute Gasteiger partial charge is 0.229 e. The van der Waals surface area contributed by atoms with Crippen molar-refractivity contribution in [1.82, 2.24) is 0 Å². The van der Waals surface area contributed by atoms with Gasteiger partial charge in [0.15, 0.2) is 0 Å². The Balaban J connectivity index is 0. The highest BCUT2D eigenvalue weighted by atomic mass is 32.2. The van der Waals surface area contributed by atoms with Crippen LogP contribution in [-0.2, 0) is 20.2 Å². The van der Waals surface area contributed by atoms with Crippen LogP contribution in [0.15, 0.2) is 0 Å². The predicted molar refractivity (Wildman–Crippen MR) is 54.8 cm³/mol. The van der Waals surface area contributed by atoms with E-state index in [2.05, 4.69) is 10.3 Å². The van der Waals surface area contributed by atoms with Gasteiger partial charge in [0.05, 0.1) is 5.75 Å². The third-order valence-electron chi connectivity index (χ3n) is 1.03. The van der Waals surface area contributed by atoms with Crippen LogP contribution in [0.1, 0.15) is 26.2 Å². The van der Waals surface area contributed by atoms with Crippen LogP contribution < -0.4 is 15.4 Å². The van der Waals surface area contributed by atoms with Gasteiger partial charge in [-0.3, -0.25) is 0 Å². The fourth-order valence-corrected chi connectivity index (χ4v) is 1.16. The second kappa shape index (κ2) is 7.12. The molecule has 14 heavy (non-hydrogen) atoms. The van der Waals surface area contributed by atoms with Gasteiger partial charge in [0.25, 0.3) is 10.2 Å². The molecule has 0 amide bonds. The number of nitrogens with two attached hydrogens (primary N) is 3. The molecule has 0 spiro atoms. The molecule has 0 aromatic heterocycles. The topological polar surface area (TPSA) is 146 Å². The van der Waals surface area contributed by atoms with Crippen molar-refractivity contribution < 1.29 is 16.8 Å². The van der Waals surface area contributed by atoms with Crippen LogP contribution in [0.25, 0.3) is 0 Å². The Hall–Kier alpha value is -0.220. The van der Waals surface area contributed by atoms with Crippen LogP contribution in [0.4, 0.5) is 0 Å². The number of hydrogen-bond donors (Lipinski definition) is 3. The summed E-state index contributed by atoms with van der Waals surface area (Å²) in [5.41, 5.74) is 0. The van der Waals surface area contributed by atoms with E-state index in [1.165, 1.54) is 0 Å². The summed E-state index contributed by atoms with van der Waals surface area (Å²) < 4.78 is 38.9. The van der Waals surface area contributed by atoms with Crippen LogP contribution in [0.5, 0.6) is 0 Å². The Labute approximate surface area is 84.9 Å². The number of hydrogen-bond acceptors (Lipinski definition) is 4. The summed E-state index contributed by atoms with van der Waals surface area (Å²) in [6.45, 7) is 2.02. The van der Waals surface area contributed by atoms with Crippen molar-refractivity contribution in [3.63, 3.8) is 0 Å². The van der Waals surface area contributed by atoms with Gasteiger partial charge in [0.1, 0.15) is 0 Å². The van der Waals surface area contributed by atoms with Gasteiger partial charge in [0, 0.05) is 0 Å².